The molecule has 2 aromatic carbocycles. The van der Waals surface area contributed by atoms with Crippen LogP contribution in [0.25, 0.3) is 0 Å². The van der Waals surface area contributed by atoms with Crippen molar-refractivity contribution in [2.45, 2.75) is 37.0 Å². The summed E-state index contributed by atoms with van der Waals surface area (Å²) < 4.78 is 0. The fourth-order valence-corrected chi connectivity index (χ4v) is 4.72. The van der Waals surface area contributed by atoms with Crippen molar-refractivity contribution >= 4 is 0 Å². The summed E-state index contributed by atoms with van der Waals surface area (Å²) in [7, 11) is 2.05. The van der Waals surface area contributed by atoms with E-state index < -0.39 is 0 Å². The van der Waals surface area contributed by atoms with Crippen molar-refractivity contribution in [3.63, 3.8) is 0 Å². The lowest BCUT2D eigenvalue weighted by Gasteiger charge is -2.50. The number of rotatable bonds is 4. The fourth-order valence-electron chi connectivity index (χ4n) is 4.72. The number of halogens is 1. The Bertz CT molecular complexity index is 617. The van der Waals surface area contributed by atoms with Gasteiger partial charge in [0.15, 0.2) is 0 Å². The Labute approximate surface area is 139 Å². The molecule has 1 nitrogen and oxygen atoms in total. The zero-order valence-electron chi connectivity index (χ0n) is 13.1. The fraction of sp³-hybridized carbons (Fsp3) is 0.400. The van der Waals surface area contributed by atoms with Gasteiger partial charge in [-0.2, -0.15) is 0 Å². The molecule has 0 atom stereocenters. The number of benzene rings is 2. The van der Waals surface area contributed by atoms with Gasteiger partial charge in [-0.3, -0.25) is 0 Å². The van der Waals surface area contributed by atoms with Crippen LogP contribution in [0.5, 0.6) is 0 Å². The summed E-state index contributed by atoms with van der Waals surface area (Å²) in [6, 6.07) is 18.4. The highest BCUT2D eigenvalue weighted by Crippen LogP contribution is 2.57. The quantitative estimate of drug-likeness (QED) is 0.837. The SMILES string of the molecule is CNCCCC12CCC(c3ccccc31)c1ccccc12.[Cl-]. The van der Waals surface area contributed by atoms with Gasteiger partial charge in [-0.1, -0.05) is 48.5 Å². The number of hydrogen-bond acceptors (Lipinski definition) is 1. The van der Waals surface area contributed by atoms with Crippen molar-refractivity contribution in [2.24, 2.45) is 0 Å². The topological polar surface area (TPSA) is 12.0 Å². The van der Waals surface area contributed by atoms with Crippen LogP contribution in [-0.2, 0) is 5.41 Å². The van der Waals surface area contributed by atoms with Crippen molar-refractivity contribution < 1.29 is 12.4 Å². The third-order valence-electron chi connectivity index (χ3n) is 5.59. The molecule has 116 valence electrons. The van der Waals surface area contributed by atoms with E-state index in [9.17, 15) is 0 Å². The van der Waals surface area contributed by atoms with Crippen LogP contribution in [0.2, 0.25) is 0 Å². The van der Waals surface area contributed by atoms with E-state index in [4.69, 9.17) is 0 Å². The van der Waals surface area contributed by atoms with Gasteiger partial charge < -0.3 is 17.7 Å². The molecule has 0 spiro atoms. The van der Waals surface area contributed by atoms with Gasteiger partial charge in [0.05, 0.1) is 0 Å². The normalized spacial score (nSPS) is 24.3. The molecule has 3 aliphatic rings. The smallest absolute Gasteiger partial charge is 0.0209 e. The highest BCUT2D eigenvalue weighted by molar-refractivity contribution is 5.58. The number of fused-ring (bicyclic) bond motifs is 1. The minimum absolute atomic E-state index is 0. The predicted octanol–water partition coefficient (Wildman–Crippen LogP) is 1.22. The highest BCUT2D eigenvalue weighted by Gasteiger charge is 2.47. The summed E-state index contributed by atoms with van der Waals surface area (Å²) in [5, 5.41) is 3.31. The Hall–Kier alpha value is -1.31. The van der Waals surface area contributed by atoms with Gasteiger partial charge in [-0.05, 0) is 61.5 Å². The minimum Gasteiger partial charge on any atom is -1.00 e. The zero-order valence-corrected chi connectivity index (χ0v) is 13.9. The molecule has 0 aromatic heterocycles. The maximum Gasteiger partial charge on any atom is 0.0209 e. The van der Waals surface area contributed by atoms with Crippen LogP contribution in [0.3, 0.4) is 0 Å². The van der Waals surface area contributed by atoms with Gasteiger partial charge in [0, 0.05) is 11.3 Å². The Kier molecular flexibility index (Phi) is 4.29. The predicted molar refractivity (Wildman–Crippen MR) is 87.9 cm³/mol. The summed E-state index contributed by atoms with van der Waals surface area (Å²) in [4.78, 5) is 0. The van der Waals surface area contributed by atoms with E-state index in [0.29, 0.717) is 5.92 Å². The average molecular weight is 313 g/mol. The first-order valence-electron chi connectivity index (χ1n) is 8.20. The third kappa shape index (κ3) is 2.11. The van der Waals surface area contributed by atoms with Gasteiger partial charge >= 0.3 is 0 Å². The van der Waals surface area contributed by atoms with E-state index >= 15 is 0 Å². The molecule has 3 aliphatic carbocycles. The van der Waals surface area contributed by atoms with Gasteiger partial charge in [0.25, 0.3) is 0 Å². The Balaban J connectivity index is 0.00000144. The zero-order chi connectivity index (χ0) is 14.3. The summed E-state index contributed by atoms with van der Waals surface area (Å²) >= 11 is 0. The number of nitrogens with one attached hydrogen (secondary N) is 1. The first kappa shape index (κ1) is 15.6. The van der Waals surface area contributed by atoms with Crippen LogP contribution >= 0.6 is 0 Å². The van der Waals surface area contributed by atoms with Gasteiger partial charge in [0.1, 0.15) is 0 Å². The highest BCUT2D eigenvalue weighted by atomic mass is 35.5. The van der Waals surface area contributed by atoms with Crippen LogP contribution in [0.4, 0.5) is 0 Å². The Morgan fingerprint density at radius 3 is 2.18 bits per heavy atom. The lowest BCUT2D eigenvalue weighted by molar-refractivity contribution is -0.00000425. The molecule has 0 saturated carbocycles. The average Bonchev–Trinajstić information content (AvgIpc) is 2.56. The van der Waals surface area contributed by atoms with Crippen LogP contribution in [0.1, 0.15) is 53.9 Å². The second-order valence-electron chi connectivity index (χ2n) is 6.55. The Morgan fingerprint density at radius 1 is 1.00 bits per heavy atom. The minimum atomic E-state index is 0. The van der Waals surface area contributed by atoms with E-state index in [-0.39, 0.29) is 17.8 Å². The van der Waals surface area contributed by atoms with Crippen molar-refractivity contribution in [3.8, 4) is 0 Å². The molecule has 2 aromatic rings. The van der Waals surface area contributed by atoms with Gasteiger partial charge in [-0.25, -0.2) is 0 Å². The molecule has 2 heteroatoms. The summed E-state index contributed by atoms with van der Waals surface area (Å²) in [6.45, 7) is 1.11. The van der Waals surface area contributed by atoms with E-state index in [1.54, 1.807) is 22.3 Å². The maximum atomic E-state index is 3.31. The lowest BCUT2D eigenvalue weighted by atomic mass is 9.54. The van der Waals surface area contributed by atoms with Crippen LogP contribution < -0.4 is 17.7 Å². The summed E-state index contributed by atoms with van der Waals surface area (Å²) in [5.41, 5.74) is 6.66. The molecule has 0 saturated heterocycles. The van der Waals surface area contributed by atoms with E-state index in [1.165, 1.54) is 25.7 Å². The first-order valence-corrected chi connectivity index (χ1v) is 8.20. The molecule has 2 bridgehead atoms. The van der Waals surface area contributed by atoms with Gasteiger partial charge in [-0.15, -0.1) is 0 Å². The van der Waals surface area contributed by atoms with E-state index in [0.717, 1.165) is 6.54 Å². The molecule has 22 heavy (non-hydrogen) atoms. The van der Waals surface area contributed by atoms with Gasteiger partial charge in [0.2, 0.25) is 0 Å². The third-order valence-corrected chi connectivity index (χ3v) is 5.59. The largest absolute Gasteiger partial charge is 1.00 e. The summed E-state index contributed by atoms with van der Waals surface area (Å²) in [6.07, 6.45) is 5.13. The monoisotopic (exact) mass is 312 g/mol. The second-order valence-corrected chi connectivity index (χ2v) is 6.55. The van der Waals surface area contributed by atoms with Crippen LogP contribution in [0.15, 0.2) is 48.5 Å². The van der Waals surface area contributed by atoms with Crippen molar-refractivity contribution in [1.29, 1.82) is 0 Å². The molecular formula is C20H23ClN-. The van der Waals surface area contributed by atoms with Crippen molar-refractivity contribution in [1.82, 2.24) is 5.32 Å². The molecule has 0 radical (unpaired) electrons. The maximum absolute atomic E-state index is 3.31. The van der Waals surface area contributed by atoms with Crippen LogP contribution in [-0.4, -0.2) is 13.6 Å². The molecule has 0 fully saturated rings. The molecule has 0 heterocycles. The molecule has 5 rings (SSSR count). The van der Waals surface area contributed by atoms with Crippen molar-refractivity contribution in [2.75, 3.05) is 13.6 Å². The first-order chi connectivity index (χ1) is 10.4. The molecule has 0 unspecified atom stereocenters. The van der Waals surface area contributed by atoms with E-state index in [2.05, 4.69) is 60.9 Å². The van der Waals surface area contributed by atoms with Crippen molar-refractivity contribution in [3.05, 3.63) is 70.8 Å². The standard InChI is InChI=1S/C20H23N.ClH/c1-21-14-6-12-20-13-11-15(16-7-2-4-9-18(16)20)17-8-3-5-10-19(17)20;/h2-5,7-10,15,21H,6,11-14H2,1H3;1H/p-1. The lowest BCUT2D eigenvalue weighted by Crippen LogP contribution is -3.00. The number of hydrogen-bond donors (Lipinski definition) is 1. The molecule has 0 aliphatic heterocycles. The Morgan fingerprint density at radius 2 is 1.59 bits per heavy atom. The molecule has 0 amide bonds. The van der Waals surface area contributed by atoms with E-state index in [1.807, 2.05) is 0 Å². The molecule has 1 N–H and O–H groups in total. The van der Waals surface area contributed by atoms with Crippen LogP contribution in [0, 0.1) is 0 Å². The second kappa shape index (κ2) is 6.06. The summed E-state index contributed by atoms with van der Waals surface area (Å²) in [5.74, 6) is 0.628. The molecular weight excluding hydrogens is 290 g/mol.